The van der Waals surface area contributed by atoms with E-state index in [-0.39, 0.29) is 11.5 Å². The van der Waals surface area contributed by atoms with E-state index in [4.69, 9.17) is 4.74 Å². The predicted molar refractivity (Wildman–Crippen MR) is 126 cm³/mol. The number of morpholine rings is 1. The summed E-state index contributed by atoms with van der Waals surface area (Å²) in [4.78, 5) is 34.9. The highest BCUT2D eigenvalue weighted by Gasteiger charge is 2.32. The predicted octanol–water partition coefficient (Wildman–Crippen LogP) is 3.63. The van der Waals surface area contributed by atoms with E-state index in [1.54, 1.807) is 25.3 Å². The van der Waals surface area contributed by atoms with Crippen LogP contribution in [0.1, 0.15) is 34.0 Å². The SMILES string of the molecule is Cc1cc2[nH]c(=O)cc(C)c2cc1NC(=O)c1cc(C2(C)N=NN=N2)cnc1N1CCOCC1. The molecule has 1 amide bonds. The van der Waals surface area contributed by atoms with Crippen molar-refractivity contribution in [1.82, 2.24) is 9.97 Å². The maximum absolute atomic E-state index is 13.6. The van der Waals surface area contributed by atoms with Crippen molar-refractivity contribution in [3.63, 3.8) is 0 Å². The quantitative estimate of drug-likeness (QED) is 0.612. The van der Waals surface area contributed by atoms with Crippen LogP contribution >= 0.6 is 0 Å². The van der Waals surface area contributed by atoms with Crippen LogP contribution in [0.25, 0.3) is 10.9 Å². The Morgan fingerprint density at radius 3 is 2.56 bits per heavy atom. The second-order valence-electron chi connectivity index (χ2n) is 8.58. The van der Waals surface area contributed by atoms with Crippen molar-refractivity contribution in [2.24, 2.45) is 20.7 Å². The molecule has 0 bridgehead atoms. The molecule has 0 atom stereocenters. The van der Waals surface area contributed by atoms with Gasteiger partial charge in [-0.3, -0.25) is 9.59 Å². The zero-order chi connectivity index (χ0) is 23.9. The second-order valence-corrected chi connectivity index (χ2v) is 8.58. The Kier molecular flexibility index (Phi) is 5.40. The van der Waals surface area contributed by atoms with Crippen LogP contribution in [0.5, 0.6) is 0 Å². The van der Waals surface area contributed by atoms with Crippen molar-refractivity contribution in [3.8, 4) is 0 Å². The molecule has 3 aromatic rings. The van der Waals surface area contributed by atoms with Crippen LogP contribution in [0.4, 0.5) is 11.5 Å². The minimum absolute atomic E-state index is 0.158. The molecule has 34 heavy (non-hydrogen) atoms. The van der Waals surface area contributed by atoms with Gasteiger partial charge in [0.2, 0.25) is 11.2 Å². The second kappa shape index (κ2) is 8.41. The van der Waals surface area contributed by atoms with Crippen LogP contribution in [0.2, 0.25) is 0 Å². The van der Waals surface area contributed by atoms with Crippen molar-refractivity contribution in [2.45, 2.75) is 26.4 Å². The number of aromatic amines is 1. The van der Waals surface area contributed by atoms with Gasteiger partial charge in [-0.05, 0) is 60.5 Å². The molecule has 1 aromatic carbocycles. The number of nitrogens with zero attached hydrogens (tertiary/aromatic N) is 6. The Morgan fingerprint density at radius 1 is 1.09 bits per heavy atom. The van der Waals surface area contributed by atoms with Gasteiger partial charge in [0.15, 0.2) is 0 Å². The van der Waals surface area contributed by atoms with Gasteiger partial charge < -0.3 is 19.9 Å². The molecule has 1 fully saturated rings. The highest BCUT2D eigenvalue weighted by molar-refractivity contribution is 6.09. The van der Waals surface area contributed by atoms with E-state index in [1.165, 1.54) is 0 Å². The third-order valence-corrected chi connectivity index (χ3v) is 6.13. The molecule has 0 unspecified atom stereocenters. The van der Waals surface area contributed by atoms with Crippen LogP contribution in [-0.2, 0) is 10.4 Å². The summed E-state index contributed by atoms with van der Waals surface area (Å²) in [6.45, 7) is 7.89. The third kappa shape index (κ3) is 3.94. The summed E-state index contributed by atoms with van der Waals surface area (Å²) < 4.78 is 5.46. The maximum Gasteiger partial charge on any atom is 0.259 e. The number of carbonyl (C=O) groups is 1. The minimum Gasteiger partial charge on any atom is -0.378 e. The number of carbonyl (C=O) groups excluding carboxylic acids is 1. The van der Waals surface area contributed by atoms with Gasteiger partial charge in [0.25, 0.3) is 5.91 Å². The molecule has 0 aliphatic carbocycles. The fourth-order valence-electron chi connectivity index (χ4n) is 4.17. The molecule has 174 valence electrons. The fraction of sp³-hybridized carbons (Fsp3) is 0.348. The van der Waals surface area contributed by atoms with E-state index in [9.17, 15) is 9.59 Å². The van der Waals surface area contributed by atoms with Crippen molar-refractivity contribution in [2.75, 3.05) is 36.5 Å². The molecule has 11 heteroatoms. The molecular formula is C23H24N8O3. The van der Waals surface area contributed by atoms with Gasteiger partial charge in [0, 0.05) is 47.5 Å². The number of aromatic nitrogens is 2. The van der Waals surface area contributed by atoms with Gasteiger partial charge in [0.05, 0.1) is 18.8 Å². The first-order chi connectivity index (χ1) is 16.3. The number of hydrogen-bond acceptors (Lipinski definition) is 9. The molecule has 2 aliphatic heterocycles. The summed E-state index contributed by atoms with van der Waals surface area (Å²) in [5, 5.41) is 19.3. The fourth-order valence-corrected chi connectivity index (χ4v) is 4.17. The van der Waals surface area contributed by atoms with Crippen LogP contribution in [0.3, 0.4) is 0 Å². The number of hydrogen-bond donors (Lipinski definition) is 2. The van der Waals surface area contributed by atoms with E-state index in [0.717, 1.165) is 22.0 Å². The molecular weight excluding hydrogens is 436 g/mol. The van der Waals surface area contributed by atoms with Crippen LogP contribution < -0.4 is 15.8 Å². The first-order valence-corrected chi connectivity index (χ1v) is 11.0. The van der Waals surface area contributed by atoms with Crippen molar-refractivity contribution in [3.05, 3.63) is 63.1 Å². The molecule has 2 aromatic heterocycles. The van der Waals surface area contributed by atoms with Gasteiger partial charge >= 0.3 is 0 Å². The zero-order valence-electron chi connectivity index (χ0n) is 19.1. The monoisotopic (exact) mass is 460 g/mol. The first-order valence-electron chi connectivity index (χ1n) is 11.0. The highest BCUT2D eigenvalue weighted by Crippen LogP contribution is 2.34. The van der Waals surface area contributed by atoms with Crippen LogP contribution in [-0.4, -0.2) is 42.2 Å². The molecule has 4 heterocycles. The lowest BCUT2D eigenvalue weighted by Crippen LogP contribution is -2.38. The maximum atomic E-state index is 13.6. The summed E-state index contributed by atoms with van der Waals surface area (Å²) in [6, 6.07) is 7.02. The number of benzene rings is 1. The number of aryl methyl sites for hydroxylation is 2. The minimum atomic E-state index is -1.02. The number of fused-ring (bicyclic) bond motifs is 1. The number of rotatable bonds is 4. The summed E-state index contributed by atoms with van der Waals surface area (Å²) in [5.74, 6) is 0.259. The van der Waals surface area contributed by atoms with Gasteiger partial charge in [-0.15, -0.1) is 10.2 Å². The number of amides is 1. The Hall–Kier alpha value is -3.99. The zero-order valence-corrected chi connectivity index (χ0v) is 19.1. The molecule has 5 rings (SSSR count). The molecule has 0 saturated carbocycles. The molecule has 1 saturated heterocycles. The van der Waals surface area contributed by atoms with Crippen molar-refractivity contribution in [1.29, 1.82) is 0 Å². The van der Waals surface area contributed by atoms with Crippen molar-refractivity contribution < 1.29 is 9.53 Å². The largest absolute Gasteiger partial charge is 0.378 e. The summed E-state index contributed by atoms with van der Waals surface area (Å²) >= 11 is 0. The van der Waals surface area contributed by atoms with E-state index in [1.807, 2.05) is 30.9 Å². The van der Waals surface area contributed by atoms with E-state index < -0.39 is 5.66 Å². The van der Waals surface area contributed by atoms with Gasteiger partial charge in [-0.25, -0.2) is 4.98 Å². The topological polar surface area (TPSA) is 137 Å². The Balaban J connectivity index is 1.55. The molecule has 0 radical (unpaired) electrons. The van der Waals surface area contributed by atoms with E-state index in [0.29, 0.717) is 48.9 Å². The lowest BCUT2D eigenvalue weighted by Gasteiger charge is -2.30. The molecule has 0 spiro atoms. The van der Waals surface area contributed by atoms with E-state index >= 15 is 0 Å². The Bertz CT molecular complexity index is 1390. The van der Waals surface area contributed by atoms with Gasteiger partial charge in [-0.1, -0.05) is 0 Å². The first kappa shape index (κ1) is 21.8. The van der Waals surface area contributed by atoms with Crippen LogP contribution in [0.15, 0.2) is 55.9 Å². The average Bonchev–Trinajstić information content (AvgIpc) is 3.28. The molecule has 2 aliphatic rings. The lowest BCUT2D eigenvalue weighted by molar-refractivity contribution is 0.102. The summed E-state index contributed by atoms with van der Waals surface area (Å²) in [7, 11) is 0. The Morgan fingerprint density at radius 2 is 1.82 bits per heavy atom. The lowest BCUT2D eigenvalue weighted by atomic mass is 10.0. The Labute approximate surface area is 194 Å². The van der Waals surface area contributed by atoms with Crippen molar-refractivity contribution >= 4 is 28.3 Å². The number of nitrogens with one attached hydrogen (secondary N) is 2. The summed E-state index contributed by atoms with van der Waals surface area (Å²) in [6.07, 6.45) is 1.66. The molecule has 11 nitrogen and oxygen atoms in total. The number of anilines is 2. The van der Waals surface area contributed by atoms with Gasteiger partial charge in [0.1, 0.15) is 5.82 Å². The third-order valence-electron chi connectivity index (χ3n) is 6.13. The standard InChI is InChI=1S/C23H24N8O3/c1-13-9-20(32)25-19-8-14(2)18(11-16(13)19)26-22(33)17-10-15(23(3)27-29-30-28-23)12-24-21(17)31-4-6-34-7-5-31/h8-12H,4-7H2,1-3H3,(H,25,32)(H,26,33). The summed E-state index contributed by atoms with van der Waals surface area (Å²) in [5.41, 5.74) is 2.86. The number of H-pyrrole nitrogens is 1. The normalized spacial score (nSPS) is 16.9. The van der Waals surface area contributed by atoms with Gasteiger partial charge in [-0.2, -0.15) is 0 Å². The highest BCUT2D eigenvalue weighted by atomic mass is 16.5. The van der Waals surface area contributed by atoms with Crippen LogP contribution in [0, 0.1) is 13.8 Å². The smallest absolute Gasteiger partial charge is 0.259 e. The molecule has 2 N–H and O–H groups in total. The number of ether oxygens (including phenoxy) is 1. The average molecular weight is 460 g/mol. The van der Waals surface area contributed by atoms with E-state index in [2.05, 4.69) is 36.0 Å². The number of pyridine rings is 2.